The minimum atomic E-state index is -1.05. The summed E-state index contributed by atoms with van der Waals surface area (Å²) in [5.74, 6) is -1.05. The van der Waals surface area contributed by atoms with E-state index in [2.05, 4.69) is 10.6 Å². The second-order valence-corrected chi connectivity index (χ2v) is 4.11. The molecule has 0 radical (unpaired) electrons. The largest absolute Gasteiger partial charge is 0.478 e. The first-order chi connectivity index (χ1) is 8.15. The number of hydrogen-bond acceptors (Lipinski definition) is 4. The number of amides is 2. The van der Waals surface area contributed by atoms with E-state index in [1.54, 1.807) is 12.5 Å². The third kappa shape index (κ3) is 4.41. The van der Waals surface area contributed by atoms with Crippen molar-refractivity contribution in [1.82, 2.24) is 5.32 Å². The number of nitrogens with one attached hydrogen (secondary N) is 2. The van der Waals surface area contributed by atoms with Crippen LogP contribution in [0.3, 0.4) is 0 Å². The quantitative estimate of drug-likeness (QED) is 0.676. The van der Waals surface area contributed by atoms with Crippen LogP contribution < -0.4 is 10.6 Å². The molecule has 0 unspecified atom stereocenters. The van der Waals surface area contributed by atoms with Gasteiger partial charge in [-0.15, -0.1) is 11.3 Å². The molecule has 0 aromatic carbocycles. The van der Waals surface area contributed by atoms with Crippen LogP contribution in [0.25, 0.3) is 0 Å². The van der Waals surface area contributed by atoms with Crippen molar-refractivity contribution in [2.45, 2.75) is 6.42 Å². The van der Waals surface area contributed by atoms with E-state index in [1.807, 2.05) is 0 Å². The summed E-state index contributed by atoms with van der Waals surface area (Å²) in [4.78, 5) is 22.2. The van der Waals surface area contributed by atoms with Gasteiger partial charge in [0.2, 0.25) is 0 Å². The van der Waals surface area contributed by atoms with Crippen LogP contribution in [0.4, 0.5) is 9.80 Å². The predicted molar refractivity (Wildman–Crippen MR) is 64.8 cm³/mol. The number of urea groups is 1. The molecule has 0 aliphatic heterocycles. The number of anilines is 1. The van der Waals surface area contributed by atoms with E-state index in [-0.39, 0.29) is 5.56 Å². The predicted octanol–water partition coefficient (Wildman–Crippen LogP) is 1.60. The van der Waals surface area contributed by atoms with Gasteiger partial charge in [0.25, 0.3) is 0 Å². The van der Waals surface area contributed by atoms with E-state index < -0.39 is 12.0 Å². The smallest absolute Gasteiger partial charge is 0.338 e. The molecular formula is C10H14N2O4S. The molecule has 0 atom stereocenters. The molecule has 1 aromatic rings. The van der Waals surface area contributed by atoms with Crippen molar-refractivity contribution in [3.8, 4) is 0 Å². The second kappa shape index (κ2) is 6.87. The number of carboxylic acids is 1. The van der Waals surface area contributed by atoms with Gasteiger partial charge in [-0.05, 0) is 17.9 Å². The summed E-state index contributed by atoms with van der Waals surface area (Å²) in [6.07, 6.45) is 0.708. The maximum Gasteiger partial charge on any atom is 0.338 e. The van der Waals surface area contributed by atoms with E-state index in [4.69, 9.17) is 9.84 Å². The van der Waals surface area contributed by atoms with Crippen molar-refractivity contribution in [3.05, 3.63) is 17.0 Å². The molecule has 6 nitrogen and oxygen atoms in total. The fraction of sp³-hybridized carbons (Fsp3) is 0.400. The van der Waals surface area contributed by atoms with Crippen LogP contribution in [0.15, 0.2) is 11.4 Å². The van der Waals surface area contributed by atoms with Gasteiger partial charge >= 0.3 is 12.0 Å². The summed E-state index contributed by atoms with van der Waals surface area (Å²) in [6, 6.07) is 1.04. The highest BCUT2D eigenvalue weighted by Gasteiger charge is 2.13. The van der Waals surface area contributed by atoms with Crippen LogP contribution in [0.1, 0.15) is 16.8 Å². The van der Waals surface area contributed by atoms with Gasteiger partial charge in [-0.3, -0.25) is 5.32 Å². The molecule has 1 rings (SSSR count). The van der Waals surface area contributed by atoms with E-state index in [9.17, 15) is 9.59 Å². The zero-order valence-electron chi connectivity index (χ0n) is 9.36. The highest BCUT2D eigenvalue weighted by atomic mass is 32.1. The Balaban J connectivity index is 2.40. The van der Waals surface area contributed by atoms with E-state index >= 15 is 0 Å². The lowest BCUT2D eigenvalue weighted by molar-refractivity contribution is 0.0698. The number of thiophene rings is 1. The van der Waals surface area contributed by atoms with Gasteiger partial charge in [-0.2, -0.15) is 0 Å². The molecule has 0 saturated heterocycles. The van der Waals surface area contributed by atoms with Crippen LogP contribution >= 0.6 is 11.3 Å². The zero-order valence-corrected chi connectivity index (χ0v) is 10.2. The van der Waals surface area contributed by atoms with Crippen LogP contribution in [-0.4, -0.2) is 37.4 Å². The van der Waals surface area contributed by atoms with Crippen LogP contribution in [0, 0.1) is 0 Å². The Morgan fingerprint density at radius 1 is 1.53 bits per heavy atom. The molecule has 1 aromatic heterocycles. The number of methoxy groups -OCH3 is 1. The third-order valence-corrected chi connectivity index (χ3v) is 2.76. The third-order valence-electron chi connectivity index (χ3n) is 1.93. The lowest BCUT2D eigenvalue weighted by Crippen LogP contribution is -2.30. The Morgan fingerprint density at radius 2 is 2.29 bits per heavy atom. The van der Waals surface area contributed by atoms with Gasteiger partial charge in [-0.25, -0.2) is 9.59 Å². The minimum absolute atomic E-state index is 0.0991. The van der Waals surface area contributed by atoms with Crippen molar-refractivity contribution in [1.29, 1.82) is 0 Å². The average Bonchev–Trinajstić information content (AvgIpc) is 2.72. The fourth-order valence-corrected chi connectivity index (χ4v) is 1.91. The molecule has 0 spiro atoms. The number of aromatic carboxylic acids is 1. The first kappa shape index (κ1) is 13.5. The summed E-state index contributed by atoms with van der Waals surface area (Å²) >= 11 is 1.17. The lowest BCUT2D eigenvalue weighted by Gasteiger charge is -2.06. The number of hydrogen-bond donors (Lipinski definition) is 3. The molecule has 0 bridgehead atoms. The molecule has 0 saturated carbocycles. The molecule has 0 aliphatic carbocycles. The Morgan fingerprint density at radius 3 is 2.94 bits per heavy atom. The summed E-state index contributed by atoms with van der Waals surface area (Å²) in [5, 5.41) is 15.9. The molecular weight excluding hydrogens is 244 g/mol. The standard InChI is InChI=1S/C10H14N2O4S/c1-16-5-2-4-11-10(15)12-8-7(9(13)14)3-6-17-8/h3,6H,2,4-5H2,1H3,(H,13,14)(H2,11,12,15). The van der Waals surface area contributed by atoms with Crippen LogP contribution in [0.5, 0.6) is 0 Å². The zero-order chi connectivity index (χ0) is 12.7. The molecule has 2 amide bonds. The molecule has 17 heavy (non-hydrogen) atoms. The molecule has 0 aliphatic rings. The SMILES string of the molecule is COCCCNC(=O)Nc1sccc1C(=O)O. The Bertz CT molecular complexity index is 391. The Hall–Kier alpha value is -1.60. The lowest BCUT2D eigenvalue weighted by atomic mass is 10.3. The average molecular weight is 258 g/mol. The maximum absolute atomic E-state index is 11.4. The van der Waals surface area contributed by atoms with E-state index in [0.29, 0.717) is 24.6 Å². The first-order valence-electron chi connectivity index (χ1n) is 4.99. The molecule has 1 heterocycles. The number of carbonyl (C=O) groups excluding carboxylic acids is 1. The molecule has 7 heteroatoms. The highest BCUT2D eigenvalue weighted by Crippen LogP contribution is 2.22. The molecule has 3 N–H and O–H groups in total. The van der Waals surface area contributed by atoms with Crippen molar-refractivity contribution >= 4 is 28.3 Å². The van der Waals surface area contributed by atoms with Gasteiger partial charge in [0.15, 0.2) is 0 Å². The number of carboxylic acid groups (broad SMARTS) is 1. The Labute approximate surface area is 103 Å². The summed E-state index contributed by atoms with van der Waals surface area (Å²) in [5.41, 5.74) is 0.0991. The first-order valence-corrected chi connectivity index (χ1v) is 5.87. The van der Waals surface area contributed by atoms with Gasteiger partial charge < -0.3 is 15.2 Å². The normalized spacial score (nSPS) is 9.94. The van der Waals surface area contributed by atoms with Crippen LogP contribution in [-0.2, 0) is 4.74 Å². The highest BCUT2D eigenvalue weighted by molar-refractivity contribution is 7.14. The fourth-order valence-electron chi connectivity index (χ4n) is 1.14. The number of ether oxygens (including phenoxy) is 1. The number of rotatable bonds is 6. The summed E-state index contributed by atoms with van der Waals surface area (Å²) < 4.78 is 4.83. The maximum atomic E-state index is 11.4. The summed E-state index contributed by atoms with van der Waals surface area (Å²) in [6.45, 7) is 1.05. The van der Waals surface area contributed by atoms with Gasteiger partial charge in [0.1, 0.15) is 5.00 Å². The van der Waals surface area contributed by atoms with Crippen molar-refractivity contribution < 1.29 is 19.4 Å². The molecule has 94 valence electrons. The van der Waals surface area contributed by atoms with Crippen molar-refractivity contribution in [2.75, 3.05) is 25.6 Å². The van der Waals surface area contributed by atoms with Crippen LogP contribution in [0.2, 0.25) is 0 Å². The number of carbonyl (C=O) groups is 2. The van der Waals surface area contributed by atoms with Crippen molar-refractivity contribution in [2.24, 2.45) is 0 Å². The van der Waals surface area contributed by atoms with Gasteiger partial charge in [-0.1, -0.05) is 0 Å². The van der Waals surface area contributed by atoms with E-state index in [1.165, 1.54) is 17.4 Å². The Kier molecular flexibility index (Phi) is 5.44. The monoisotopic (exact) mass is 258 g/mol. The molecule has 0 fully saturated rings. The van der Waals surface area contributed by atoms with E-state index in [0.717, 1.165) is 0 Å². The summed E-state index contributed by atoms with van der Waals surface area (Å²) in [7, 11) is 1.59. The second-order valence-electron chi connectivity index (χ2n) is 3.20. The van der Waals surface area contributed by atoms with Gasteiger partial charge in [0.05, 0.1) is 5.56 Å². The van der Waals surface area contributed by atoms with Gasteiger partial charge in [0, 0.05) is 20.3 Å². The minimum Gasteiger partial charge on any atom is -0.478 e. The topological polar surface area (TPSA) is 87.7 Å². The van der Waals surface area contributed by atoms with Crippen molar-refractivity contribution in [3.63, 3.8) is 0 Å².